The summed E-state index contributed by atoms with van der Waals surface area (Å²) < 4.78 is 3.24. The molecule has 0 atom stereocenters. The van der Waals surface area contributed by atoms with Crippen LogP contribution in [0.2, 0.25) is 0 Å². The number of thiophene rings is 1. The van der Waals surface area contributed by atoms with Crippen molar-refractivity contribution in [2.24, 2.45) is 7.05 Å². The molecule has 0 saturated heterocycles. The summed E-state index contributed by atoms with van der Waals surface area (Å²) in [6.07, 6.45) is 4.20. The third kappa shape index (κ3) is 3.19. The second-order valence-corrected chi connectivity index (χ2v) is 5.43. The van der Waals surface area contributed by atoms with E-state index in [1.165, 1.54) is 14.9 Å². The molecule has 0 unspecified atom stereocenters. The lowest BCUT2D eigenvalue weighted by atomic mass is 10.3. The monoisotopic (exact) mass is 284 g/mol. The summed E-state index contributed by atoms with van der Waals surface area (Å²) in [4.78, 5) is 1.36. The first-order chi connectivity index (χ1) is 7.24. The molecule has 0 aromatic carbocycles. The molecule has 80 valence electrons. The molecule has 0 bridgehead atoms. The average molecular weight is 285 g/mol. The van der Waals surface area contributed by atoms with E-state index >= 15 is 0 Å². The Morgan fingerprint density at radius 3 is 2.93 bits per heavy atom. The van der Waals surface area contributed by atoms with Gasteiger partial charge in [0.1, 0.15) is 0 Å². The van der Waals surface area contributed by atoms with Gasteiger partial charge in [-0.2, -0.15) is 0 Å². The van der Waals surface area contributed by atoms with E-state index in [4.69, 9.17) is 0 Å². The van der Waals surface area contributed by atoms with Gasteiger partial charge in [0.25, 0.3) is 0 Å². The van der Waals surface area contributed by atoms with E-state index in [1.54, 1.807) is 11.3 Å². The van der Waals surface area contributed by atoms with E-state index in [9.17, 15) is 0 Å². The van der Waals surface area contributed by atoms with Crippen LogP contribution in [0, 0.1) is 0 Å². The van der Waals surface area contributed by atoms with Crippen LogP contribution in [0.4, 0.5) is 0 Å². The maximum Gasteiger partial charge on any atom is 0.0303 e. The van der Waals surface area contributed by atoms with Crippen molar-refractivity contribution in [2.75, 3.05) is 0 Å². The van der Waals surface area contributed by atoms with Crippen molar-refractivity contribution in [1.82, 2.24) is 9.88 Å². The highest BCUT2D eigenvalue weighted by molar-refractivity contribution is 9.10. The zero-order valence-electron chi connectivity index (χ0n) is 8.53. The molecule has 2 aromatic heterocycles. The number of hydrogen-bond donors (Lipinski definition) is 1. The molecule has 0 aliphatic rings. The van der Waals surface area contributed by atoms with Gasteiger partial charge in [-0.3, -0.25) is 0 Å². The molecule has 0 spiro atoms. The van der Waals surface area contributed by atoms with Crippen molar-refractivity contribution in [2.45, 2.75) is 13.1 Å². The molecule has 2 heterocycles. The topological polar surface area (TPSA) is 17.0 Å². The predicted molar refractivity (Wildman–Crippen MR) is 68.0 cm³/mol. The molecule has 1 N–H and O–H groups in total. The van der Waals surface area contributed by atoms with Gasteiger partial charge in [0.15, 0.2) is 0 Å². The molecular weight excluding hydrogens is 272 g/mol. The van der Waals surface area contributed by atoms with Crippen molar-refractivity contribution < 1.29 is 0 Å². The van der Waals surface area contributed by atoms with E-state index in [-0.39, 0.29) is 0 Å². The van der Waals surface area contributed by atoms with Gasteiger partial charge >= 0.3 is 0 Å². The normalized spacial score (nSPS) is 10.8. The minimum Gasteiger partial charge on any atom is -0.357 e. The Kier molecular flexibility index (Phi) is 3.61. The lowest BCUT2D eigenvalue weighted by molar-refractivity contribution is 0.699. The van der Waals surface area contributed by atoms with Crippen molar-refractivity contribution in [3.63, 3.8) is 0 Å². The minimum absolute atomic E-state index is 0.927. The number of nitrogens with one attached hydrogen (secondary N) is 1. The van der Waals surface area contributed by atoms with Gasteiger partial charge < -0.3 is 9.88 Å². The van der Waals surface area contributed by atoms with E-state index in [0.29, 0.717) is 0 Å². The third-order valence-corrected chi connectivity index (χ3v) is 3.84. The molecule has 0 aliphatic carbocycles. The van der Waals surface area contributed by atoms with Crippen molar-refractivity contribution in [3.8, 4) is 0 Å². The van der Waals surface area contributed by atoms with Crippen molar-refractivity contribution in [1.29, 1.82) is 0 Å². The van der Waals surface area contributed by atoms with Crippen LogP contribution in [0.1, 0.15) is 10.4 Å². The second-order valence-electron chi connectivity index (χ2n) is 3.52. The van der Waals surface area contributed by atoms with Gasteiger partial charge in [-0.25, -0.2) is 0 Å². The summed E-state index contributed by atoms with van der Waals surface area (Å²) in [7, 11) is 2.04. The fourth-order valence-corrected chi connectivity index (χ4v) is 2.86. The summed E-state index contributed by atoms with van der Waals surface area (Å²) in [5.41, 5.74) is 1.33. The van der Waals surface area contributed by atoms with Crippen LogP contribution < -0.4 is 5.32 Å². The number of aromatic nitrogens is 1. The Hall–Kier alpha value is -0.580. The van der Waals surface area contributed by atoms with E-state index in [1.807, 2.05) is 7.05 Å². The fraction of sp³-hybridized carbons (Fsp3) is 0.273. The molecule has 0 fully saturated rings. The number of halogens is 1. The number of nitrogens with zero attached hydrogens (tertiary/aromatic N) is 1. The molecule has 0 aliphatic heterocycles. The summed E-state index contributed by atoms with van der Waals surface area (Å²) >= 11 is 5.23. The molecular formula is C11H13BrN2S. The van der Waals surface area contributed by atoms with Crippen LogP contribution in [0.5, 0.6) is 0 Å². The van der Waals surface area contributed by atoms with E-state index < -0.39 is 0 Å². The Morgan fingerprint density at radius 2 is 2.33 bits per heavy atom. The highest BCUT2D eigenvalue weighted by atomic mass is 79.9. The first-order valence-corrected chi connectivity index (χ1v) is 6.46. The summed E-state index contributed by atoms with van der Waals surface area (Å²) in [6.45, 7) is 1.86. The largest absolute Gasteiger partial charge is 0.357 e. The second kappa shape index (κ2) is 4.96. The van der Waals surface area contributed by atoms with Crippen LogP contribution in [-0.4, -0.2) is 4.57 Å². The first kappa shape index (κ1) is 10.9. The van der Waals surface area contributed by atoms with E-state index in [0.717, 1.165) is 13.1 Å². The predicted octanol–water partition coefficient (Wildman–Crippen LogP) is 3.14. The van der Waals surface area contributed by atoms with Crippen molar-refractivity contribution >= 4 is 27.3 Å². The quantitative estimate of drug-likeness (QED) is 0.913. The Bertz CT molecular complexity index is 393. The van der Waals surface area contributed by atoms with Crippen LogP contribution >= 0.6 is 27.3 Å². The lowest BCUT2D eigenvalue weighted by Gasteiger charge is -2.00. The maximum atomic E-state index is 3.45. The summed E-state index contributed by atoms with van der Waals surface area (Å²) in [6, 6.07) is 4.29. The number of rotatable bonds is 4. The minimum atomic E-state index is 0.927. The van der Waals surface area contributed by atoms with Gasteiger partial charge in [-0.05, 0) is 33.6 Å². The lowest BCUT2D eigenvalue weighted by Crippen LogP contribution is -2.11. The third-order valence-electron chi connectivity index (χ3n) is 2.14. The van der Waals surface area contributed by atoms with Gasteiger partial charge in [-0.15, -0.1) is 11.3 Å². The van der Waals surface area contributed by atoms with Crippen molar-refractivity contribution in [3.05, 3.63) is 44.8 Å². The molecule has 0 radical (unpaired) electrons. The average Bonchev–Trinajstić information content (AvgIpc) is 2.76. The molecule has 2 rings (SSSR count). The molecule has 15 heavy (non-hydrogen) atoms. The number of hydrogen-bond acceptors (Lipinski definition) is 2. The SMILES string of the molecule is Cn1ccc(CNCc2cc(Br)cs2)c1. The van der Waals surface area contributed by atoms with Gasteiger partial charge in [0, 0.05) is 47.3 Å². The van der Waals surface area contributed by atoms with Gasteiger partial charge in [0.05, 0.1) is 0 Å². The summed E-state index contributed by atoms with van der Waals surface area (Å²) in [5, 5.41) is 5.53. The Morgan fingerprint density at radius 1 is 1.47 bits per heavy atom. The first-order valence-electron chi connectivity index (χ1n) is 4.78. The molecule has 0 saturated carbocycles. The zero-order chi connectivity index (χ0) is 10.7. The van der Waals surface area contributed by atoms with E-state index in [2.05, 4.69) is 55.7 Å². The van der Waals surface area contributed by atoms with Crippen LogP contribution in [0.15, 0.2) is 34.4 Å². The van der Waals surface area contributed by atoms with Gasteiger partial charge in [-0.1, -0.05) is 0 Å². The molecule has 4 heteroatoms. The molecule has 0 amide bonds. The van der Waals surface area contributed by atoms with Crippen LogP contribution in [-0.2, 0) is 20.1 Å². The summed E-state index contributed by atoms with van der Waals surface area (Å²) in [5.74, 6) is 0. The molecule has 2 aromatic rings. The Balaban J connectivity index is 1.80. The smallest absolute Gasteiger partial charge is 0.0303 e. The highest BCUT2D eigenvalue weighted by Gasteiger charge is 1.98. The fourth-order valence-electron chi connectivity index (χ4n) is 1.44. The standard InChI is InChI=1S/C11H13BrN2S/c1-14-3-2-9(7-14)5-13-6-11-4-10(12)8-15-11/h2-4,7-8,13H,5-6H2,1H3. The van der Waals surface area contributed by atoms with Crippen LogP contribution in [0.25, 0.3) is 0 Å². The Labute approximate surface area is 102 Å². The van der Waals surface area contributed by atoms with Gasteiger partial charge in [0.2, 0.25) is 0 Å². The molecule has 2 nitrogen and oxygen atoms in total. The number of aryl methyl sites for hydroxylation is 1. The zero-order valence-corrected chi connectivity index (χ0v) is 10.9. The highest BCUT2D eigenvalue weighted by Crippen LogP contribution is 2.19. The van der Waals surface area contributed by atoms with Crippen LogP contribution in [0.3, 0.4) is 0 Å². The maximum absolute atomic E-state index is 3.45.